The topological polar surface area (TPSA) is 35.2 Å². The van der Waals surface area contributed by atoms with Crippen LogP contribution in [0.5, 0.6) is 11.5 Å². The Bertz CT molecular complexity index is 602. The fourth-order valence-electron chi connectivity index (χ4n) is 2.32. The van der Waals surface area contributed by atoms with E-state index < -0.39 is 0 Å². The van der Waals surface area contributed by atoms with Gasteiger partial charge in [-0.3, -0.25) is 0 Å². The molecule has 0 saturated heterocycles. The summed E-state index contributed by atoms with van der Waals surface area (Å²) in [5.74, 6) is 2.30. The van der Waals surface area contributed by atoms with Crippen molar-refractivity contribution in [2.75, 3.05) is 0 Å². The Morgan fingerprint density at radius 3 is 2.48 bits per heavy atom. The molecule has 0 bridgehead atoms. The van der Waals surface area contributed by atoms with Crippen molar-refractivity contribution < 1.29 is 4.74 Å². The summed E-state index contributed by atoms with van der Waals surface area (Å²) in [4.78, 5) is 0. The quantitative estimate of drug-likeness (QED) is 0.855. The van der Waals surface area contributed by atoms with Crippen LogP contribution in [-0.2, 0) is 6.42 Å². The summed E-state index contributed by atoms with van der Waals surface area (Å²) in [7, 11) is 0. The molecule has 2 aromatic rings. The van der Waals surface area contributed by atoms with Crippen LogP contribution in [0.3, 0.4) is 0 Å². The number of rotatable bonds is 5. The van der Waals surface area contributed by atoms with Gasteiger partial charge in [0.2, 0.25) is 0 Å². The molecule has 0 aliphatic heterocycles. The van der Waals surface area contributed by atoms with Crippen molar-refractivity contribution in [2.24, 2.45) is 5.73 Å². The molecule has 0 amide bonds. The van der Waals surface area contributed by atoms with Crippen molar-refractivity contribution in [1.29, 1.82) is 0 Å². The Hall–Kier alpha value is -1.80. The van der Waals surface area contributed by atoms with E-state index in [0.717, 1.165) is 23.5 Å². The van der Waals surface area contributed by atoms with Crippen molar-refractivity contribution >= 4 is 0 Å². The minimum atomic E-state index is 0.157. The van der Waals surface area contributed by atoms with Crippen molar-refractivity contribution in [2.45, 2.75) is 46.1 Å². The van der Waals surface area contributed by atoms with Gasteiger partial charge in [-0.05, 0) is 61.1 Å². The van der Waals surface area contributed by atoms with Gasteiger partial charge in [0.1, 0.15) is 11.5 Å². The van der Waals surface area contributed by atoms with E-state index in [-0.39, 0.29) is 6.04 Å². The van der Waals surface area contributed by atoms with E-state index in [4.69, 9.17) is 10.5 Å². The smallest absolute Gasteiger partial charge is 0.130 e. The minimum Gasteiger partial charge on any atom is -0.457 e. The van der Waals surface area contributed by atoms with Crippen LogP contribution in [0, 0.1) is 6.92 Å². The Morgan fingerprint density at radius 1 is 1.05 bits per heavy atom. The van der Waals surface area contributed by atoms with E-state index in [1.807, 2.05) is 19.1 Å². The molecule has 2 nitrogen and oxygen atoms in total. The van der Waals surface area contributed by atoms with E-state index in [1.54, 1.807) is 0 Å². The lowest BCUT2D eigenvalue weighted by molar-refractivity contribution is 0.477. The number of nitrogens with two attached hydrogens (primary N) is 1. The third-order valence-electron chi connectivity index (χ3n) is 3.56. The van der Waals surface area contributed by atoms with Crippen molar-refractivity contribution in [3.8, 4) is 11.5 Å². The zero-order valence-corrected chi connectivity index (χ0v) is 13.4. The molecule has 21 heavy (non-hydrogen) atoms. The summed E-state index contributed by atoms with van der Waals surface area (Å²) in [6, 6.07) is 14.8. The SMILES string of the molecule is Cc1ccc(CC(C)N)cc1Oc1cccc(C(C)C)c1. The van der Waals surface area contributed by atoms with Crippen LogP contribution in [0.2, 0.25) is 0 Å². The lowest BCUT2D eigenvalue weighted by Gasteiger charge is -2.13. The van der Waals surface area contributed by atoms with Crippen LogP contribution in [0.4, 0.5) is 0 Å². The summed E-state index contributed by atoms with van der Waals surface area (Å²) in [6.45, 7) is 8.46. The highest BCUT2D eigenvalue weighted by Gasteiger charge is 2.07. The fraction of sp³-hybridized carbons (Fsp3) is 0.368. The van der Waals surface area contributed by atoms with Crippen LogP contribution in [0.25, 0.3) is 0 Å². The van der Waals surface area contributed by atoms with E-state index in [0.29, 0.717) is 5.92 Å². The van der Waals surface area contributed by atoms with Gasteiger partial charge < -0.3 is 10.5 Å². The molecule has 0 fully saturated rings. The first kappa shape index (κ1) is 15.6. The molecule has 2 rings (SSSR count). The number of hydrogen-bond donors (Lipinski definition) is 1. The van der Waals surface area contributed by atoms with Gasteiger partial charge in [0.05, 0.1) is 0 Å². The molecule has 0 aliphatic carbocycles. The molecule has 2 aromatic carbocycles. The first-order valence-corrected chi connectivity index (χ1v) is 7.58. The molecule has 112 valence electrons. The number of hydrogen-bond acceptors (Lipinski definition) is 2. The van der Waals surface area contributed by atoms with Crippen LogP contribution < -0.4 is 10.5 Å². The van der Waals surface area contributed by atoms with Gasteiger partial charge in [-0.2, -0.15) is 0 Å². The molecular weight excluding hydrogens is 258 g/mol. The lowest BCUT2D eigenvalue weighted by atomic mass is 10.0. The molecule has 0 heterocycles. The maximum Gasteiger partial charge on any atom is 0.130 e. The van der Waals surface area contributed by atoms with Crippen LogP contribution in [0.15, 0.2) is 42.5 Å². The van der Waals surface area contributed by atoms with Gasteiger partial charge in [-0.15, -0.1) is 0 Å². The van der Waals surface area contributed by atoms with Gasteiger partial charge in [-0.25, -0.2) is 0 Å². The molecular formula is C19H25NO. The van der Waals surface area contributed by atoms with E-state index in [9.17, 15) is 0 Å². The number of ether oxygens (including phenoxy) is 1. The Morgan fingerprint density at radius 2 is 1.81 bits per heavy atom. The highest BCUT2D eigenvalue weighted by atomic mass is 16.5. The highest BCUT2D eigenvalue weighted by molar-refractivity contribution is 5.41. The van der Waals surface area contributed by atoms with Gasteiger partial charge in [0, 0.05) is 6.04 Å². The molecule has 2 heteroatoms. The maximum absolute atomic E-state index is 6.08. The second-order valence-corrected chi connectivity index (χ2v) is 6.11. The molecule has 0 aromatic heterocycles. The van der Waals surface area contributed by atoms with Gasteiger partial charge in [-0.1, -0.05) is 38.1 Å². The summed E-state index contributed by atoms with van der Waals surface area (Å²) >= 11 is 0. The Balaban J connectivity index is 2.24. The van der Waals surface area contributed by atoms with E-state index >= 15 is 0 Å². The van der Waals surface area contributed by atoms with Crippen LogP contribution in [0.1, 0.15) is 43.4 Å². The Labute approximate surface area is 127 Å². The van der Waals surface area contributed by atoms with Crippen molar-refractivity contribution in [3.05, 3.63) is 59.2 Å². The second kappa shape index (κ2) is 6.77. The first-order valence-electron chi connectivity index (χ1n) is 7.58. The number of aryl methyl sites for hydroxylation is 1. The predicted octanol–water partition coefficient (Wildman–Crippen LogP) is 4.80. The van der Waals surface area contributed by atoms with Crippen LogP contribution >= 0.6 is 0 Å². The average Bonchev–Trinajstić information content (AvgIpc) is 2.42. The summed E-state index contributed by atoms with van der Waals surface area (Å²) in [6.07, 6.45) is 0.864. The zero-order chi connectivity index (χ0) is 15.4. The first-order chi connectivity index (χ1) is 9.95. The van der Waals surface area contributed by atoms with Crippen LogP contribution in [-0.4, -0.2) is 6.04 Å². The lowest BCUT2D eigenvalue weighted by Crippen LogP contribution is -2.17. The third kappa shape index (κ3) is 4.33. The summed E-state index contributed by atoms with van der Waals surface area (Å²) in [5, 5.41) is 0. The molecule has 0 radical (unpaired) electrons. The van der Waals surface area contributed by atoms with Crippen molar-refractivity contribution in [3.63, 3.8) is 0 Å². The van der Waals surface area contributed by atoms with Gasteiger partial charge >= 0.3 is 0 Å². The van der Waals surface area contributed by atoms with E-state index in [1.165, 1.54) is 11.1 Å². The largest absolute Gasteiger partial charge is 0.457 e. The highest BCUT2D eigenvalue weighted by Crippen LogP contribution is 2.28. The fourth-order valence-corrected chi connectivity index (χ4v) is 2.32. The molecule has 0 saturated carbocycles. The zero-order valence-electron chi connectivity index (χ0n) is 13.4. The van der Waals surface area contributed by atoms with E-state index in [2.05, 4.69) is 51.1 Å². The Kier molecular flexibility index (Phi) is 5.03. The predicted molar refractivity (Wildman–Crippen MR) is 89.1 cm³/mol. The summed E-state index contributed by atoms with van der Waals surface area (Å²) in [5.41, 5.74) is 9.52. The normalized spacial score (nSPS) is 12.5. The molecule has 0 spiro atoms. The molecule has 2 N–H and O–H groups in total. The molecule has 0 aliphatic rings. The molecule has 1 unspecified atom stereocenters. The van der Waals surface area contributed by atoms with Crippen molar-refractivity contribution in [1.82, 2.24) is 0 Å². The second-order valence-electron chi connectivity index (χ2n) is 6.11. The minimum absolute atomic E-state index is 0.157. The molecule has 1 atom stereocenters. The maximum atomic E-state index is 6.08. The standard InChI is InChI=1S/C19H25NO/c1-13(2)17-6-5-7-18(12-17)21-19-11-16(10-15(4)20)9-8-14(19)3/h5-9,11-13,15H,10,20H2,1-4H3. The monoisotopic (exact) mass is 283 g/mol. The summed E-state index contributed by atoms with van der Waals surface area (Å²) < 4.78 is 6.08. The van der Waals surface area contributed by atoms with Gasteiger partial charge in [0.25, 0.3) is 0 Å². The third-order valence-corrected chi connectivity index (χ3v) is 3.56. The van der Waals surface area contributed by atoms with Gasteiger partial charge in [0.15, 0.2) is 0 Å². The number of benzene rings is 2. The average molecular weight is 283 g/mol.